The number of benzene rings is 1. The van der Waals surface area contributed by atoms with Gasteiger partial charge in [-0.25, -0.2) is 0 Å². The van der Waals surface area contributed by atoms with Crippen molar-refractivity contribution in [1.29, 1.82) is 0 Å². The standard InChI is InChI=1S/C17H24N2O/c1-6-18-17-10-16(11(2)3)19-15-8-7-13(9-14(15)17)20-12(4)5/h7-12H,6H2,1-5H3,(H,18,19). The van der Waals surface area contributed by atoms with Gasteiger partial charge in [0.05, 0.1) is 11.6 Å². The number of hydrogen-bond acceptors (Lipinski definition) is 3. The first-order valence-electron chi connectivity index (χ1n) is 7.36. The van der Waals surface area contributed by atoms with Crippen LogP contribution in [0.25, 0.3) is 10.9 Å². The smallest absolute Gasteiger partial charge is 0.120 e. The molecule has 3 heteroatoms. The van der Waals surface area contributed by atoms with Gasteiger partial charge in [-0.05, 0) is 51.0 Å². The lowest BCUT2D eigenvalue weighted by Gasteiger charge is -2.15. The molecule has 0 aliphatic heterocycles. The van der Waals surface area contributed by atoms with E-state index in [2.05, 4.69) is 38.2 Å². The highest BCUT2D eigenvalue weighted by Gasteiger charge is 2.09. The maximum atomic E-state index is 5.78. The average Bonchev–Trinajstić information content (AvgIpc) is 2.38. The van der Waals surface area contributed by atoms with Gasteiger partial charge in [-0.1, -0.05) is 13.8 Å². The van der Waals surface area contributed by atoms with Gasteiger partial charge in [0, 0.05) is 23.3 Å². The molecule has 0 aliphatic carbocycles. The minimum Gasteiger partial charge on any atom is -0.491 e. The van der Waals surface area contributed by atoms with Crippen LogP contribution in [-0.4, -0.2) is 17.6 Å². The lowest BCUT2D eigenvalue weighted by molar-refractivity contribution is 0.243. The van der Waals surface area contributed by atoms with Crippen molar-refractivity contribution >= 4 is 16.6 Å². The zero-order valence-electron chi connectivity index (χ0n) is 13.0. The molecule has 0 saturated heterocycles. The second-order valence-corrected chi connectivity index (χ2v) is 5.63. The van der Waals surface area contributed by atoms with Crippen LogP contribution in [0.15, 0.2) is 24.3 Å². The van der Waals surface area contributed by atoms with Gasteiger partial charge in [-0.2, -0.15) is 0 Å². The highest BCUT2D eigenvalue weighted by Crippen LogP contribution is 2.29. The SMILES string of the molecule is CCNc1cc(C(C)C)nc2ccc(OC(C)C)cc12. The summed E-state index contributed by atoms with van der Waals surface area (Å²) in [6.07, 6.45) is 0.179. The number of nitrogens with one attached hydrogen (secondary N) is 1. The van der Waals surface area contributed by atoms with Gasteiger partial charge in [0.2, 0.25) is 0 Å². The average molecular weight is 272 g/mol. The molecule has 0 bridgehead atoms. The minimum atomic E-state index is 0.179. The molecule has 108 valence electrons. The van der Waals surface area contributed by atoms with Crippen LogP contribution in [0.2, 0.25) is 0 Å². The fourth-order valence-corrected chi connectivity index (χ4v) is 2.20. The number of ether oxygens (including phenoxy) is 1. The first-order valence-corrected chi connectivity index (χ1v) is 7.36. The van der Waals surface area contributed by atoms with Crippen molar-refractivity contribution < 1.29 is 4.74 Å². The molecule has 0 fully saturated rings. The summed E-state index contributed by atoms with van der Waals surface area (Å²) in [5.41, 5.74) is 3.27. The van der Waals surface area contributed by atoms with Gasteiger partial charge in [0.15, 0.2) is 0 Å². The number of rotatable bonds is 5. The van der Waals surface area contributed by atoms with Crippen LogP contribution in [0.3, 0.4) is 0 Å². The molecule has 0 aliphatic rings. The van der Waals surface area contributed by atoms with Crippen molar-refractivity contribution in [2.24, 2.45) is 0 Å². The van der Waals surface area contributed by atoms with Crippen molar-refractivity contribution in [3.8, 4) is 5.75 Å². The summed E-state index contributed by atoms with van der Waals surface area (Å²) in [7, 11) is 0. The second kappa shape index (κ2) is 6.12. The number of pyridine rings is 1. The van der Waals surface area contributed by atoms with Gasteiger partial charge < -0.3 is 10.1 Å². The summed E-state index contributed by atoms with van der Waals surface area (Å²) in [6, 6.07) is 8.26. The predicted molar refractivity (Wildman–Crippen MR) is 85.8 cm³/mol. The number of hydrogen-bond donors (Lipinski definition) is 1. The highest BCUT2D eigenvalue weighted by molar-refractivity contribution is 5.92. The van der Waals surface area contributed by atoms with E-state index in [9.17, 15) is 0 Å². The Kier molecular flexibility index (Phi) is 4.48. The molecule has 0 unspecified atom stereocenters. The van der Waals surface area contributed by atoms with Crippen LogP contribution in [0.1, 0.15) is 46.2 Å². The molecule has 3 nitrogen and oxygen atoms in total. The van der Waals surface area contributed by atoms with E-state index in [1.807, 2.05) is 26.0 Å². The van der Waals surface area contributed by atoms with Crippen molar-refractivity contribution in [3.05, 3.63) is 30.0 Å². The fourth-order valence-electron chi connectivity index (χ4n) is 2.20. The van der Waals surface area contributed by atoms with Crippen molar-refractivity contribution in [1.82, 2.24) is 4.98 Å². The summed E-state index contributed by atoms with van der Waals surface area (Å²) in [5, 5.41) is 4.55. The third-order valence-electron chi connectivity index (χ3n) is 3.13. The largest absolute Gasteiger partial charge is 0.491 e. The van der Waals surface area contributed by atoms with Gasteiger partial charge in [0.1, 0.15) is 5.75 Å². The van der Waals surface area contributed by atoms with E-state index in [1.165, 1.54) is 0 Å². The molecule has 0 amide bonds. The van der Waals surface area contributed by atoms with Gasteiger partial charge >= 0.3 is 0 Å². The van der Waals surface area contributed by atoms with Gasteiger partial charge in [-0.3, -0.25) is 4.98 Å². The number of fused-ring (bicyclic) bond motifs is 1. The van der Waals surface area contributed by atoms with E-state index in [4.69, 9.17) is 9.72 Å². The van der Waals surface area contributed by atoms with Gasteiger partial charge in [0.25, 0.3) is 0 Å². The molecule has 2 rings (SSSR count). The third-order valence-corrected chi connectivity index (χ3v) is 3.13. The third kappa shape index (κ3) is 3.21. The molecule has 1 heterocycles. The van der Waals surface area contributed by atoms with E-state index in [0.717, 1.165) is 34.6 Å². The van der Waals surface area contributed by atoms with E-state index in [-0.39, 0.29) is 6.10 Å². The molecule has 0 saturated carbocycles. The highest BCUT2D eigenvalue weighted by atomic mass is 16.5. The summed E-state index contributed by atoms with van der Waals surface area (Å²) in [5.74, 6) is 1.31. The summed E-state index contributed by atoms with van der Waals surface area (Å²) >= 11 is 0. The van der Waals surface area contributed by atoms with Crippen LogP contribution < -0.4 is 10.1 Å². The van der Waals surface area contributed by atoms with E-state index < -0.39 is 0 Å². The molecule has 20 heavy (non-hydrogen) atoms. The molecule has 2 aromatic rings. The lowest BCUT2D eigenvalue weighted by atomic mass is 10.1. The van der Waals surface area contributed by atoms with Crippen LogP contribution in [0.5, 0.6) is 5.75 Å². The van der Waals surface area contributed by atoms with Crippen molar-refractivity contribution in [3.63, 3.8) is 0 Å². The second-order valence-electron chi connectivity index (χ2n) is 5.63. The van der Waals surface area contributed by atoms with Crippen molar-refractivity contribution in [2.75, 3.05) is 11.9 Å². The molecule has 1 N–H and O–H groups in total. The lowest BCUT2D eigenvalue weighted by Crippen LogP contribution is -2.06. The maximum Gasteiger partial charge on any atom is 0.120 e. The van der Waals surface area contributed by atoms with Crippen LogP contribution >= 0.6 is 0 Å². The Bertz CT molecular complexity index is 591. The minimum absolute atomic E-state index is 0.179. The zero-order valence-corrected chi connectivity index (χ0v) is 13.0. The topological polar surface area (TPSA) is 34.2 Å². The summed E-state index contributed by atoms with van der Waals surface area (Å²) < 4.78 is 5.78. The Hall–Kier alpha value is -1.77. The summed E-state index contributed by atoms with van der Waals surface area (Å²) in [6.45, 7) is 11.4. The Labute approximate surface area is 121 Å². The molecule has 0 radical (unpaired) electrons. The monoisotopic (exact) mass is 272 g/mol. The molecular weight excluding hydrogens is 248 g/mol. The Morgan fingerprint density at radius 1 is 1.15 bits per heavy atom. The normalized spacial score (nSPS) is 11.3. The molecule has 1 aromatic carbocycles. The van der Waals surface area contributed by atoms with E-state index >= 15 is 0 Å². The van der Waals surface area contributed by atoms with Crippen LogP contribution in [0.4, 0.5) is 5.69 Å². The zero-order chi connectivity index (χ0) is 14.7. The Morgan fingerprint density at radius 3 is 2.50 bits per heavy atom. The quantitative estimate of drug-likeness (QED) is 0.865. The summed E-state index contributed by atoms with van der Waals surface area (Å²) in [4.78, 5) is 4.74. The number of aromatic nitrogens is 1. The van der Waals surface area contributed by atoms with E-state index in [1.54, 1.807) is 0 Å². The molecule has 0 atom stereocenters. The predicted octanol–water partition coefficient (Wildman–Crippen LogP) is 4.58. The van der Waals surface area contributed by atoms with E-state index in [0.29, 0.717) is 5.92 Å². The first kappa shape index (κ1) is 14.6. The number of nitrogens with zero attached hydrogens (tertiary/aromatic N) is 1. The molecular formula is C17H24N2O. The van der Waals surface area contributed by atoms with Gasteiger partial charge in [-0.15, -0.1) is 0 Å². The van der Waals surface area contributed by atoms with Crippen molar-refractivity contribution in [2.45, 2.75) is 46.6 Å². The first-order chi connectivity index (χ1) is 9.51. The maximum absolute atomic E-state index is 5.78. The Morgan fingerprint density at radius 2 is 1.90 bits per heavy atom. The van der Waals surface area contributed by atoms with Crippen LogP contribution in [-0.2, 0) is 0 Å². The molecule has 1 aromatic heterocycles. The fraction of sp³-hybridized carbons (Fsp3) is 0.471. The van der Waals surface area contributed by atoms with Crippen LogP contribution in [0, 0.1) is 0 Å². The Balaban J connectivity index is 2.54. The number of anilines is 1. The molecule has 0 spiro atoms.